The summed E-state index contributed by atoms with van der Waals surface area (Å²) in [4.78, 5) is 0. The molecule has 0 saturated heterocycles. The Balaban J connectivity index is 2.23. The van der Waals surface area contributed by atoms with Gasteiger partial charge in [-0.2, -0.15) is 0 Å². The van der Waals surface area contributed by atoms with Crippen LogP contribution in [0, 0.1) is 6.10 Å². The fraction of sp³-hybridized carbons (Fsp3) is 0.250. The van der Waals surface area contributed by atoms with Gasteiger partial charge in [0.2, 0.25) is 0 Å². The number of fused-ring (bicyclic) bond motifs is 1. The summed E-state index contributed by atoms with van der Waals surface area (Å²) in [5.41, 5.74) is 2.50. The van der Waals surface area contributed by atoms with Crippen molar-refractivity contribution in [2.45, 2.75) is 19.6 Å². The van der Waals surface area contributed by atoms with Gasteiger partial charge in [0.15, 0.2) is 8.32 Å². The van der Waals surface area contributed by atoms with Gasteiger partial charge in [-0.05, 0) is 36.8 Å². The van der Waals surface area contributed by atoms with Crippen molar-refractivity contribution >= 4 is 14.4 Å². The van der Waals surface area contributed by atoms with Crippen molar-refractivity contribution in [2.24, 2.45) is 0 Å². The molecule has 0 heterocycles. The van der Waals surface area contributed by atoms with Crippen LogP contribution in [-0.2, 0) is 4.43 Å². The van der Waals surface area contributed by atoms with E-state index in [1.54, 1.807) is 0 Å². The van der Waals surface area contributed by atoms with Crippen LogP contribution in [0.2, 0.25) is 19.6 Å². The number of benzene rings is 1. The molecule has 0 aromatic heterocycles. The first-order valence-electron chi connectivity index (χ1n) is 4.90. The lowest BCUT2D eigenvalue weighted by Gasteiger charge is -2.21. The molecule has 2 rings (SSSR count). The second-order valence-corrected chi connectivity index (χ2v) is 8.93. The molecule has 2 heteroatoms. The molecule has 1 nitrogen and oxygen atoms in total. The molecule has 1 aromatic carbocycles. The van der Waals surface area contributed by atoms with E-state index in [9.17, 15) is 0 Å². The van der Waals surface area contributed by atoms with Crippen molar-refractivity contribution in [3.05, 3.63) is 47.6 Å². The van der Waals surface area contributed by atoms with Crippen LogP contribution in [0.15, 0.2) is 30.3 Å². The molecule has 73 valence electrons. The molecule has 0 atom stereocenters. The van der Waals surface area contributed by atoms with E-state index in [4.69, 9.17) is 4.43 Å². The third kappa shape index (κ3) is 1.96. The van der Waals surface area contributed by atoms with Crippen molar-refractivity contribution < 1.29 is 4.43 Å². The van der Waals surface area contributed by atoms with Crippen LogP contribution in [0.25, 0.3) is 6.08 Å². The smallest absolute Gasteiger partial charge is 0.185 e. The summed E-state index contributed by atoms with van der Waals surface area (Å²) in [6, 6.07) is 8.34. The highest BCUT2D eigenvalue weighted by molar-refractivity contribution is 6.70. The monoisotopic (exact) mass is 203 g/mol. The first-order chi connectivity index (χ1) is 6.56. The Bertz CT molecular complexity index is 363. The molecule has 1 aliphatic rings. The van der Waals surface area contributed by atoms with Crippen molar-refractivity contribution in [3.63, 3.8) is 0 Å². The normalized spacial score (nSPS) is 15.9. The minimum Gasteiger partial charge on any atom is -0.401 e. The Kier molecular flexibility index (Phi) is 2.33. The summed E-state index contributed by atoms with van der Waals surface area (Å²) in [7, 11) is -1.48. The van der Waals surface area contributed by atoms with E-state index >= 15 is 0 Å². The van der Waals surface area contributed by atoms with E-state index in [-0.39, 0.29) is 0 Å². The van der Waals surface area contributed by atoms with E-state index < -0.39 is 8.32 Å². The van der Waals surface area contributed by atoms with Gasteiger partial charge in [0.05, 0.1) is 0 Å². The lowest BCUT2D eigenvalue weighted by molar-refractivity contribution is 0.379. The number of hydrogen-bond donors (Lipinski definition) is 0. The van der Waals surface area contributed by atoms with Gasteiger partial charge >= 0.3 is 0 Å². The van der Waals surface area contributed by atoms with Crippen LogP contribution in [0.1, 0.15) is 11.1 Å². The Morgan fingerprint density at radius 2 is 1.71 bits per heavy atom. The Hall–Kier alpha value is -0.863. The van der Waals surface area contributed by atoms with E-state index in [1.165, 1.54) is 11.1 Å². The highest BCUT2D eigenvalue weighted by atomic mass is 28.4. The van der Waals surface area contributed by atoms with Crippen LogP contribution in [0.4, 0.5) is 0 Å². The maximum absolute atomic E-state index is 5.99. The standard InChI is InChI=1S/C12H15OSi/c1-14(2,3)13-12-9-8-10-6-4-5-7-11(10)12/h4-9H,1-3H3. The molecular weight excluding hydrogens is 188 g/mol. The highest BCUT2D eigenvalue weighted by Crippen LogP contribution is 2.31. The van der Waals surface area contributed by atoms with E-state index in [1.807, 2.05) is 0 Å². The Morgan fingerprint density at radius 1 is 1.00 bits per heavy atom. The van der Waals surface area contributed by atoms with Crippen molar-refractivity contribution in [2.75, 3.05) is 0 Å². The molecular formula is C12H15OSi. The third-order valence-corrected chi connectivity index (χ3v) is 2.89. The first kappa shape index (κ1) is 9.68. The lowest BCUT2D eigenvalue weighted by Crippen LogP contribution is -2.27. The Morgan fingerprint density at radius 3 is 2.43 bits per heavy atom. The van der Waals surface area contributed by atoms with E-state index in [2.05, 4.69) is 56.1 Å². The summed E-state index contributed by atoms with van der Waals surface area (Å²) in [6.45, 7) is 6.61. The molecule has 0 saturated carbocycles. The fourth-order valence-corrected chi connectivity index (χ4v) is 2.38. The zero-order valence-corrected chi connectivity index (χ0v) is 9.87. The van der Waals surface area contributed by atoms with Gasteiger partial charge in [0.25, 0.3) is 0 Å². The largest absolute Gasteiger partial charge is 0.401 e. The first-order valence-corrected chi connectivity index (χ1v) is 8.30. The number of rotatable bonds is 2. The van der Waals surface area contributed by atoms with Gasteiger partial charge < -0.3 is 4.43 Å². The van der Waals surface area contributed by atoms with Gasteiger partial charge in [0, 0.05) is 0 Å². The molecule has 14 heavy (non-hydrogen) atoms. The predicted molar refractivity (Wildman–Crippen MR) is 62.3 cm³/mol. The quantitative estimate of drug-likeness (QED) is 0.669. The topological polar surface area (TPSA) is 9.23 Å². The molecule has 1 aromatic rings. The van der Waals surface area contributed by atoms with Crippen LogP contribution in [-0.4, -0.2) is 8.32 Å². The zero-order valence-electron chi connectivity index (χ0n) is 8.87. The molecule has 0 spiro atoms. The molecule has 0 amide bonds. The van der Waals surface area contributed by atoms with E-state index in [0.717, 1.165) is 6.10 Å². The predicted octanol–water partition coefficient (Wildman–Crippen LogP) is 3.44. The average Bonchev–Trinajstić information content (AvgIpc) is 2.47. The van der Waals surface area contributed by atoms with Gasteiger partial charge in [-0.1, -0.05) is 30.3 Å². The highest BCUT2D eigenvalue weighted by Gasteiger charge is 2.25. The lowest BCUT2D eigenvalue weighted by atomic mass is 10.1. The maximum Gasteiger partial charge on any atom is 0.185 e. The summed E-state index contributed by atoms with van der Waals surface area (Å²) < 4.78 is 5.99. The second kappa shape index (κ2) is 3.37. The minimum atomic E-state index is -1.48. The molecule has 0 fully saturated rings. The van der Waals surface area contributed by atoms with Gasteiger partial charge in [-0.25, -0.2) is 0 Å². The van der Waals surface area contributed by atoms with Gasteiger partial charge in [-0.15, -0.1) is 0 Å². The summed E-state index contributed by atoms with van der Waals surface area (Å²) in [6.07, 6.45) is 5.23. The van der Waals surface area contributed by atoms with Gasteiger partial charge in [0.1, 0.15) is 6.10 Å². The van der Waals surface area contributed by atoms with Crippen LogP contribution in [0.3, 0.4) is 0 Å². The van der Waals surface area contributed by atoms with Crippen molar-refractivity contribution in [1.82, 2.24) is 0 Å². The van der Waals surface area contributed by atoms with Crippen molar-refractivity contribution in [3.8, 4) is 0 Å². The molecule has 0 N–H and O–H groups in total. The summed E-state index contributed by atoms with van der Waals surface area (Å²) in [5, 5.41) is 0. The van der Waals surface area contributed by atoms with Gasteiger partial charge in [-0.3, -0.25) is 0 Å². The molecule has 1 aliphatic carbocycles. The molecule has 0 bridgehead atoms. The van der Waals surface area contributed by atoms with Crippen LogP contribution < -0.4 is 0 Å². The van der Waals surface area contributed by atoms with Crippen LogP contribution >= 0.6 is 0 Å². The summed E-state index contributed by atoms with van der Waals surface area (Å²) >= 11 is 0. The molecule has 0 aliphatic heterocycles. The summed E-state index contributed by atoms with van der Waals surface area (Å²) in [5.74, 6) is 0. The third-order valence-electron chi connectivity index (χ3n) is 2.06. The van der Waals surface area contributed by atoms with Crippen molar-refractivity contribution in [1.29, 1.82) is 0 Å². The zero-order chi connectivity index (χ0) is 10.2. The molecule has 0 unspecified atom stereocenters. The minimum absolute atomic E-state index is 1.04. The Labute approximate surface area is 86.5 Å². The maximum atomic E-state index is 5.99. The SMILES string of the molecule is C[Si](C)(C)O[C]1C=Cc2ccccc21. The average molecular weight is 203 g/mol. The number of hydrogen-bond acceptors (Lipinski definition) is 1. The second-order valence-electron chi connectivity index (χ2n) is 4.50. The fourth-order valence-electron chi connectivity index (χ4n) is 1.54. The molecule has 1 radical (unpaired) electrons. The van der Waals surface area contributed by atoms with E-state index in [0.29, 0.717) is 0 Å². The van der Waals surface area contributed by atoms with Crippen LogP contribution in [0.5, 0.6) is 0 Å².